The molecule has 0 fully saturated rings. The van der Waals surface area contributed by atoms with E-state index >= 15 is 0 Å². The summed E-state index contributed by atoms with van der Waals surface area (Å²) in [5, 5.41) is 52.5. The fraction of sp³-hybridized carbons (Fsp3) is 0.455. The number of hydrogen-bond donors (Lipinski definition) is 9. The minimum absolute atomic E-state index is 0.0734. The lowest BCUT2D eigenvalue weighted by molar-refractivity contribution is -0.143. The average molecular weight is 526 g/mol. The molecule has 10 N–H and O–H groups in total. The molecule has 3 amide bonds. The van der Waals surface area contributed by atoms with E-state index in [0.29, 0.717) is 5.56 Å². The van der Waals surface area contributed by atoms with Gasteiger partial charge in [-0.05, 0) is 30.5 Å². The van der Waals surface area contributed by atoms with E-state index in [1.165, 1.54) is 24.3 Å². The third-order valence-electron chi connectivity index (χ3n) is 5.09. The molecule has 0 aromatic heterocycles. The van der Waals surface area contributed by atoms with Crippen molar-refractivity contribution >= 4 is 35.6 Å². The van der Waals surface area contributed by atoms with Crippen molar-refractivity contribution in [2.45, 2.75) is 56.3 Å². The molecule has 1 aromatic carbocycles. The summed E-state index contributed by atoms with van der Waals surface area (Å²) in [6, 6.07) is -0.386. The van der Waals surface area contributed by atoms with Crippen molar-refractivity contribution in [1.82, 2.24) is 16.0 Å². The van der Waals surface area contributed by atoms with Gasteiger partial charge in [-0.25, -0.2) is 4.79 Å². The van der Waals surface area contributed by atoms with Gasteiger partial charge < -0.3 is 47.2 Å². The van der Waals surface area contributed by atoms with Gasteiger partial charge in [0.15, 0.2) is 0 Å². The zero-order valence-electron chi connectivity index (χ0n) is 19.6. The second-order valence-corrected chi connectivity index (χ2v) is 8.05. The molecule has 4 unspecified atom stereocenters. The SMILES string of the molecule is NC(CCC(=O)O)C(=O)NC(CO)C(=O)NC(Cc1ccc(O)cc1)C(=O)NC(CCC(=O)O)C(=O)O. The van der Waals surface area contributed by atoms with Crippen LogP contribution in [0.2, 0.25) is 0 Å². The van der Waals surface area contributed by atoms with Crippen LogP contribution in [0.15, 0.2) is 24.3 Å². The average Bonchev–Trinajstić information content (AvgIpc) is 2.83. The smallest absolute Gasteiger partial charge is 0.326 e. The molecule has 15 nitrogen and oxygen atoms in total. The van der Waals surface area contributed by atoms with Gasteiger partial charge in [0.1, 0.15) is 23.9 Å². The van der Waals surface area contributed by atoms with Gasteiger partial charge in [-0.15, -0.1) is 0 Å². The Kier molecular flexibility index (Phi) is 12.5. The lowest BCUT2D eigenvalue weighted by Crippen LogP contribution is -2.58. The summed E-state index contributed by atoms with van der Waals surface area (Å²) in [5.41, 5.74) is 6.04. The lowest BCUT2D eigenvalue weighted by Gasteiger charge is -2.24. The van der Waals surface area contributed by atoms with E-state index in [1.54, 1.807) is 0 Å². The Morgan fingerprint density at radius 2 is 1.22 bits per heavy atom. The van der Waals surface area contributed by atoms with E-state index in [4.69, 9.17) is 15.9 Å². The monoisotopic (exact) mass is 526 g/mol. The van der Waals surface area contributed by atoms with Crippen molar-refractivity contribution in [2.24, 2.45) is 5.73 Å². The van der Waals surface area contributed by atoms with Crippen LogP contribution < -0.4 is 21.7 Å². The van der Waals surface area contributed by atoms with E-state index in [-0.39, 0.29) is 18.6 Å². The third kappa shape index (κ3) is 11.4. The summed E-state index contributed by atoms with van der Waals surface area (Å²) in [6.07, 6.45) is -1.83. The Bertz CT molecular complexity index is 983. The van der Waals surface area contributed by atoms with Gasteiger partial charge in [-0.1, -0.05) is 12.1 Å². The summed E-state index contributed by atoms with van der Waals surface area (Å²) >= 11 is 0. The number of carbonyl (C=O) groups is 6. The molecule has 0 spiro atoms. The number of rotatable bonds is 16. The van der Waals surface area contributed by atoms with Gasteiger partial charge in [-0.3, -0.25) is 24.0 Å². The number of aliphatic hydroxyl groups excluding tert-OH is 1. The van der Waals surface area contributed by atoms with E-state index in [2.05, 4.69) is 16.0 Å². The highest BCUT2D eigenvalue weighted by atomic mass is 16.4. The Morgan fingerprint density at radius 1 is 0.730 bits per heavy atom. The maximum absolute atomic E-state index is 12.9. The molecule has 0 bridgehead atoms. The number of nitrogens with two attached hydrogens (primary N) is 1. The van der Waals surface area contributed by atoms with Crippen molar-refractivity contribution in [3.8, 4) is 5.75 Å². The first-order valence-electron chi connectivity index (χ1n) is 11.1. The van der Waals surface area contributed by atoms with Gasteiger partial charge in [0, 0.05) is 19.3 Å². The molecular formula is C22H30N4O11. The van der Waals surface area contributed by atoms with Gasteiger partial charge >= 0.3 is 17.9 Å². The zero-order chi connectivity index (χ0) is 28.1. The van der Waals surface area contributed by atoms with E-state index in [1.807, 2.05) is 0 Å². The van der Waals surface area contributed by atoms with Gasteiger partial charge in [-0.2, -0.15) is 0 Å². The Hall–Kier alpha value is -4.24. The van der Waals surface area contributed by atoms with Crippen molar-refractivity contribution in [2.75, 3.05) is 6.61 Å². The van der Waals surface area contributed by atoms with Crippen molar-refractivity contribution in [3.63, 3.8) is 0 Å². The topological polar surface area (TPSA) is 266 Å². The molecule has 0 radical (unpaired) electrons. The molecule has 1 rings (SSSR count). The summed E-state index contributed by atoms with van der Waals surface area (Å²) in [5.74, 6) is -6.98. The molecule has 1 aromatic rings. The van der Waals surface area contributed by atoms with E-state index in [9.17, 15) is 44.1 Å². The fourth-order valence-corrected chi connectivity index (χ4v) is 3.03. The Morgan fingerprint density at radius 3 is 1.73 bits per heavy atom. The predicted octanol–water partition coefficient (Wildman–Crippen LogP) is -2.48. The summed E-state index contributed by atoms with van der Waals surface area (Å²) < 4.78 is 0. The molecular weight excluding hydrogens is 496 g/mol. The number of aliphatic hydroxyl groups is 1. The van der Waals surface area contributed by atoms with Gasteiger partial charge in [0.25, 0.3) is 0 Å². The highest BCUT2D eigenvalue weighted by molar-refractivity contribution is 5.94. The van der Waals surface area contributed by atoms with Crippen molar-refractivity contribution in [3.05, 3.63) is 29.8 Å². The van der Waals surface area contributed by atoms with Crippen LogP contribution in [0.1, 0.15) is 31.2 Å². The maximum atomic E-state index is 12.9. The molecule has 0 saturated carbocycles. The standard InChI is InChI=1S/C22H30N4O11/c23-13(5-7-17(29)30)19(33)26-16(10-27)21(35)25-15(9-11-1-3-12(28)4-2-11)20(34)24-14(22(36)37)6-8-18(31)32/h1-4,13-16,27-28H,5-10,23H2,(H,24,34)(H,25,35)(H,26,33)(H,29,30)(H,31,32)(H,36,37). The largest absolute Gasteiger partial charge is 0.508 e. The summed E-state index contributed by atoms with van der Waals surface area (Å²) in [6.45, 7) is -0.910. The van der Waals surface area contributed by atoms with Crippen molar-refractivity contribution in [1.29, 1.82) is 0 Å². The molecule has 15 heteroatoms. The number of hydrogen-bond acceptors (Lipinski definition) is 9. The highest BCUT2D eigenvalue weighted by Gasteiger charge is 2.30. The molecule has 37 heavy (non-hydrogen) atoms. The number of aromatic hydroxyl groups is 1. The first-order chi connectivity index (χ1) is 17.3. The summed E-state index contributed by atoms with van der Waals surface area (Å²) in [7, 11) is 0. The number of phenols is 1. The van der Waals surface area contributed by atoms with Gasteiger partial charge in [0.05, 0.1) is 12.6 Å². The first kappa shape index (κ1) is 30.8. The number of phenolic OH excluding ortho intramolecular Hbond substituents is 1. The molecule has 204 valence electrons. The lowest BCUT2D eigenvalue weighted by atomic mass is 10.0. The first-order valence-corrected chi connectivity index (χ1v) is 11.1. The minimum atomic E-state index is -1.58. The van der Waals surface area contributed by atoms with Crippen LogP contribution in [-0.4, -0.2) is 91.9 Å². The number of nitrogens with one attached hydrogen (secondary N) is 3. The van der Waals surface area contributed by atoms with E-state index in [0.717, 1.165) is 0 Å². The molecule has 0 heterocycles. The third-order valence-corrected chi connectivity index (χ3v) is 5.09. The van der Waals surface area contributed by atoms with Crippen molar-refractivity contribution < 1.29 is 54.3 Å². The van der Waals surface area contributed by atoms with Gasteiger partial charge in [0.2, 0.25) is 17.7 Å². The van der Waals surface area contributed by atoms with Crippen LogP contribution >= 0.6 is 0 Å². The number of aliphatic carboxylic acids is 3. The van der Waals surface area contributed by atoms with Crippen LogP contribution in [0.4, 0.5) is 0 Å². The number of carboxylic acid groups (broad SMARTS) is 3. The number of carbonyl (C=O) groups excluding carboxylic acids is 3. The van der Waals surface area contributed by atoms with Crippen LogP contribution in [0, 0.1) is 0 Å². The predicted molar refractivity (Wildman–Crippen MR) is 124 cm³/mol. The normalized spacial score (nSPS) is 13.9. The molecule has 0 aliphatic heterocycles. The number of amides is 3. The van der Waals surface area contributed by atoms with Crippen LogP contribution in [-0.2, 0) is 35.2 Å². The summed E-state index contributed by atoms with van der Waals surface area (Å²) in [4.78, 5) is 70.8. The molecule has 4 atom stereocenters. The van der Waals surface area contributed by atoms with E-state index < -0.39 is 85.7 Å². The fourth-order valence-electron chi connectivity index (χ4n) is 3.03. The Balaban J connectivity index is 3.03. The van der Waals surface area contributed by atoms with Crippen LogP contribution in [0.5, 0.6) is 5.75 Å². The zero-order valence-corrected chi connectivity index (χ0v) is 19.6. The maximum Gasteiger partial charge on any atom is 0.326 e. The second-order valence-electron chi connectivity index (χ2n) is 8.05. The number of carboxylic acids is 3. The highest BCUT2D eigenvalue weighted by Crippen LogP contribution is 2.12. The minimum Gasteiger partial charge on any atom is -0.508 e. The molecule has 0 saturated heterocycles. The van der Waals surface area contributed by atoms with Crippen LogP contribution in [0.3, 0.4) is 0 Å². The number of benzene rings is 1. The second kappa shape index (κ2) is 15.0. The van der Waals surface area contributed by atoms with Crippen LogP contribution in [0.25, 0.3) is 0 Å². The molecule has 0 aliphatic carbocycles. The quantitative estimate of drug-likeness (QED) is 0.108. The Labute approximate surface area is 210 Å². The molecule has 0 aliphatic rings.